The third-order valence-electron chi connectivity index (χ3n) is 3.41. The minimum atomic E-state index is 0.115. The molecule has 0 saturated carbocycles. The molecule has 0 radical (unpaired) electrons. The van der Waals surface area contributed by atoms with Crippen molar-refractivity contribution in [1.29, 1.82) is 0 Å². The number of hydrogen-bond acceptors (Lipinski definition) is 5. The van der Waals surface area contributed by atoms with Crippen molar-refractivity contribution in [1.82, 2.24) is 10.2 Å². The second-order valence-corrected chi connectivity index (χ2v) is 5.89. The summed E-state index contributed by atoms with van der Waals surface area (Å²) < 4.78 is 11.5. The SMILES string of the molecule is Cc1cccc(-c2nnc(CNc3ccccc3OC(C)C)o2)c1. The maximum absolute atomic E-state index is 5.79. The van der Waals surface area contributed by atoms with Crippen molar-refractivity contribution < 1.29 is 9.15 Å². The Morgan fingerprint density at radius 2 is 1.92 bits per heavy atom. The molecule has 1 aromatic heterocycles. The Hall–Kier alpha value is -2.82. The number of nitrogens with zero attached hydrogens (tertiary/aromatic N) is 2. The molecular weight excluding hydrogens is 302 g/mol. The number of ether oxygens (including phenoxy) is 1. The van der Waals surface area contributed by atoms with Crippen LogP contribution in [0.1, 0.15) is 25.3 Å². The lowest BCUT2D eigenvalue weighted by molar-refractivity contribution is 0.243. The van der Waals surface area contributed by atoms with E-state index < -0.39 is 0 Å². The molecule has 0 atom stereocenters. The van der Waals surface area contributed by atoms with Crippen molar-refractivity contribution in [2.45, 2.75) is 33.4 Å². The summed E-state index contributed by atoms with van der Waals surface area (Å²) in [5, 5.41) is 11.5. The first-order valence-corrected chi connectivity index (χ1v) is 8.01. The average molecular weight is 323 g/mol. The number of nitrogens with one attached hydrogen (secondary N) is 1. The van der Waals surface area contributed by atoms with Crippen LogP contribution in [-0.4, -0.2) is 16.3 Å². The molecule has 5 nitrogen and oxygen atoms in total. The van der Waals surface area contributed by atoms with Crippen LogP contribution in [0.4, 0.5) is 5.69 Å². The summed E-state index contributed by atoms with van der Waals surface area (Å²) in [4.78, 5) is 0. The van der Waals surface area contributed by atoms with Gasteiger partial charge >= 0.3 is 0 Å². The maximum Gasteiger partial charge on any atom is 0.247 e. The molecule has 0 bridgehead atoms. The van der Waals surface area contributed by atoms with Gasteiger partial charge in [0, 0.05) is 5.56 Å². The number of benzene rings is 2. The van der Waals surface area contributed by atoms with Crippen LogP contribution in [0, 0.1) is 6.92 Å². The van der Waals surface area contributed by atoms with Crippen molar-refractivity contribution >= 4 is 5.69 Å². The highest BCUT2D eigenvalue weighted by Gasteiger charge is 2.10. The van der Waals surface area contributed by atoms with Gasteiger partial charge in [-0.1, -0.05) is 29.8 Å². The number of aromatic nitrogens is 2. The molecule has 0 spiro atoms. The lowest BCUT2D eigenvalue weighted by Crippen LogP contribution is -2.08. The first-order valence-electron chi connectivity index (χ1n) is 8.01. The van der Waals surface area contributed by atoms with Gasteiger partial charge in [-0.2, -0.15) is 0 Å². The van der Waals surface area contributed by atoms with Gasteiger partial charge < -0.3 is 14.5 Å². The molecule has 0 fully saturated rings. The smallest absolute Gasteiger partial charge is 0.247 e. The summed E-state index contributed by atoms with van der Waals surface area (Å²) in [6, 6.07) is 15.8. The monoisotopic (exact) mass is 323 g/mol. The van der Waals surface area contributed by atoms with Crippen molar-refractivity contribution in [2.75, 3.05) is 5.32 Å². The van der Waals surface area contributed by atoms with Crippen molar-refractivity contribution in [3.05, 3.63) is 60.0 Å². The van der Waals surface area contributed by atoms with Gasteiger partial charge in [-0.15, -0.1) is 10.2 Å². The van der Waals surface area contributed by atoms with E-state index in [2.05, 4.69) is 15.5 Å². The van der Waals surface area contributed by atoms with Gasteiger partial charge in [-0.05, 0) is 45.0 Å². The third kappa shape index (κ3) is 3.93. The van der Waals surface area contributed by atoms with Gasteiger partial charge in [0.15, 0.2) is 0 Å². The molecule has 1 N–H and O–H groups in total. The largest absolute Gasteiger partial charge is 0.489 e. The molecule has 124 valence electrons. The van der Waals surface area contributed by atoms with Crippen LogP contribution < -0.4 is 10.1 Å². The zero-order valence-electron chi connectivity index (χ0n) is 14.1. The molecule has 0 unspecified atom stereocenters. The molecule has 24 heavy (non-hydrogen) atoms. The first-order chi connectivity index (χ1) is 11.6. The van der Waals surface area contributed by atoms with E-state index in [9.17, 15) is 0 Å². The molecule has 3 rings (SSSR count). The Morgan fingerprint density at radius 1 is 1.08 bits per heavy atom. The highest BCUT2D eigenvalue weighted by molar-refractivity contribution is 5.56. The molecule has 0 amide bonds. The Kier molecular flexibility index (Phi) is 4.79. The molecule has 5 heteroatoms. The maximum atomic E-state index is 5.79. The second kappa shape index (κ2) is 7.17. The summed E-state index contributed by atoms with van der Waals surface area (Å²) in [5.74, 6) is 1.87. The number of hydrogen-bond donors (Lipinski definition) is 1. The Morgan fingerprint density at radius 3 is 2.71 bits per heavy atom. The summed E-state index contributed by atoms with van der Waals surface area (Å²) in [6.45, 7) is 6.48. The van der Waals surface area contributed by atoms with Crippen LogP contribution in [0.25, 0.3) is 11.5 Å². The van der Waals surface area contributed by atoms with Crippen molar-refractivity contribution in [3.63, 3.8) is 0 Å². The van der Waals surface area contributed by atoms with Crippen LogP contribution in [-0.2, 0) is 6.54 Å². The molecule has 1 heterocycles. The van der Waals surface area contributed by atoms with E-state index in [1.165, 1.54) is 0 Å². The van der Waals surface area contributed by atoms with E-state index in [0.29, 0.717) is 18.3 Å². The van der Waals surface area contributed by atoms with Gasteiger partial charge in [0.2, 0.25) is 11.8 Å². The van der Waals surface area contributed by atoms with Gasteiger partial charge in [0.25, 0.3) is 0 Å². The zero-order valence-corrected chi connectivity index (χ0v) is 14.1. The van der Waals surface area contributed by atoms with E-state index in [1.54, 1.807) is 0 Å². The minimum Gasteiger partial charge on any atom is -0.489 e. The lowest BCUT2D eigenvalue weighted by Gasteiger charge is -2.14. The van der Waals surface area contributed by atoms with E-state index >= 15 is 0 Å². The fourth-order valence-electron chi connectivity index (χ4n) is 2.36. The second-order valence-electron chi connectivity index (χ2n) is 5.89. The van der Waals surface area contributed by atoms with Gasteiger partial charge in [-0.3, -0.25) is 0 Å². The van der Waals surface area contributed by atoms with Gasteiger partial charge in [0.05, 0.1) is 18.3 Å². The molecular formula is C19H21N3O2. The van der Waals surface area contributed by atoms with E-state index in [4.69, 9.17) is 9.15 Å². The topological polar surface area (TPSA) is 60.2 Å². The van der Waals surface area contributed by atoms with E-state index in [0.717, 1.165) is 22.6 Å². The summed E-state index contributed by atoms with van der Waals surface area (Å²) >= 11 is 0. The highest BCUT2D eigenvalue weighted by atomic mass is 16.5. The summed E-state index contributed by atoms with van der Waals surface area (Å²) in [6.07, 6.45) is 0.115. The molecule has 0 aliphatic heterocycles. The minimum absolute atomic E-state index is 0.115. The Bertz CT molecular complexity index is 812. The number of rotatable bonds is 6. The van der Waals surface area contributed by atoms with Crippen LogP contribution in [0.5, 0.6) is 5.75 Å². The number of anilines is 1. The van der Waals surface area contributed by atoms with Crippen LogP contribution in [0.2, 0.25) is 0 Å². The normalized spacial score (nSPS) is 10.8. The van der Waals surface area contributed by atoms with Crippen LogP contribution >= 0.6 is 0 Å². The molecule has 0 saturated heterocycles. The lowest BCUT2D eigenvalue weighted by atomic mass is 10.1. The fourth-order valence-corrected chi connectivity index (χ4v) is 2.36. The van der Waals surface area contributed by atoms with Crippen molar-refractivity contribution in [2.24, 2.45) is 0 Å². The molecule has 3 aromatic rings. The Balaban J connectivity index is 1.70. The molecule has 0 aliphatic carbocycles. The molecule has 0 aliphatic rings. The summed E-state index contributed by atoms with van der Waals surface area (Å²) in [7, 11) is 0. The number of para-hydroxylation sites is 2. The van der Waals surface area contributed by atoms with Gasteiger partial charge in [-0.25, -0.2) is 0 Å². The standard InChI is InChI=1S/C19H21N3O2/c1-13(2)23-17-10-5-4-9-16(17)20-12-18-21-22-19(24-18)15-8-6-7-14(3)11-15/h4-11,13,20H,12H2,1-3H3. The van der Waals surface area contributed by atoms with Crippen LogP contribution in [0.3, 0.4) is 0 Å². The predicted octanol–water partition coefficient (Wildman–Crippen LogP) is 4.44. The third-order valence-corrected chi connectivity index (χ3v) is 3.41. The summed E-state index contributed by atoms with van der Waals surface area (Å²) in [5.41, 5.74) is 2.99. The molecule has 2 aromatic carbocycles. The highest BCUT2D eigenvalue weighted by Crippen LogP contribution is 2.26. The van der Waals surface area contributed by atoms with E-state index in [1.807, 2.05) is 69.3 Å². The van der Waals surface area contributed by atoms with Crippen molar-refractivity contribution in [3.8, 4) is 17.2 Å². The van der Waals surface area contributed by atoms with Gasteiger partial charge in [0.1, 0.15) is 5.75 Å². The van der Waals surface area contributed by atoms with Crippen LogP contribution in [0.15, 0.2) is 52.9 Å². The zero-order chi connectivity index (χ0) is 16.9. The average Bonchev–Trinajstić information content (AvgIpc) is 3.02. The quantitative estimate of drug-likeness (QED) is 0.726. The number of aryl methyl sites for hydroxylation is 1. The Labute approximate surface area is 141 Å². The predicted molar refractivity (Wildman–Crippen MR) is 94.0 cm³/mol. The first kappa shape index (κ1) is 16.1. The fraction of sp³-hybridized carbons (Fsp3) is 0.263. The van der Waals surface area contributed by atoms with E-state index in [-0.39, 0.29) is 6.10 Å².